The summed E-state index contributed by atoms with van der Waals surface area (Å²) in [5, 5.41) is 0. The summed E-state index contributed by atoms with van der Waals surface area (Å²) in [7, 11) is 0. The van der Waals surface area contributed by atoms with Gasteiger partial charge in [0.1, 0.15) is 0 Å². The van der Waals surface area contributed by atoms with Crippen LogP contribution in [0.2, 0.25) is 0 Å². The topological polar surface area (TPSA) is 29.3 Å². The Labute approximate surface area is 172 Å². The average molecular weight is 378 g/mol. The number of rotatable bonds is 6. The van der Waals surface area contributed by atoms with Gasteiger partial charge in [0.15, 0.2) is 0 Å². The molecule has 2 N–H and O–H groups in total. The van der Waals surface area contributed by atoms with Crippen molar-refractivity contribution in [3.05, 3.63) is 77.7 Å². The zero-order chi connectivity index (χ0) is 20.1. The molecule has 2 heteroatoms. The van der Waals surface area contributed by atoms with Crippen molar-refractivity contribution in [3.63, 3.8) is 0 Å². The molecule has 2 aromatic rings. The van der Waals surface area contributed by atoms with E-state index in [4.69, 9.17) is 5.73 Å². The zero-order valence-corrected chi connectivity index (χ0v) is 18.0. The van der Waals surface area contributed by atoms with Gasteiger partial charge in [-0.15, -0.1) is 0 Å². The minimum atomic E-state index is 0.152. The Morgan fingerprint density at radius 1 is 1.07 bits per heavy atom. The molecule has 1 saturated heterocycles. The van der Waals surface area contributed by atoms with E-state index >= 15 is 0 Å². The number of nitrogens with two attached hydrogens (primary N) is 1. The van der Waals surface area contributed by atoms with Crippen LogP contribution in [0.25, 0.3) is 0 Å². The van der Waals surface area contributed by atoms with Gasteiger partial charge in [-0.3, -0.25) is 4.90 Å². The van der Waals surface area contributed by atoms with Crippen molar-refractivity contribution in [3.8, 4) is 0 Å². The molecular formula is C26H37N2. The van der Waals surface area contributed by atoms with Crippen molar-refractivity contribution in [2.75, 3.05) is 13.1 Å². The van der Waals surface area contributed by atoms with Crippen LogP contribution in [0.1, 0.15) is 62.3 Å². The van der Waals surface area contributed by atoms with Gasteiger partial charge in [0.05, 0.1) is 6.17 Å². The Kier molecular flexibility index (Phi) is 6.95. The lowest BCUT2D eigenvalue weighted by Gasteiger charge is -2.36. The predicted octanol–water partition coefficient (Wildman–Crippen LogP) is 5.34. The molecule has 1 radical (unpaired) electrons. The maximum absolute atomic E-state index is 6.60. The van der Waals surface area contributed by atoms with E-state index < -0.39 is 0 Å². The number of likely N-dealkylation sites (tertiary alicyclic amines) is 1. The smallest absolute Gasteiger partial charge is 0.0574 e. The normalized spacial score (nSPS) is 17.6. The van der Waals surface area contributed by atoms with Gasteiger partial charge < -0.3 is 5.73 Å². The first-order chi connectivity index (χ1) is 13.3. The third kappa shape index (κ3) is 5.68. The Bertz CT molecular complexity index is 737. The molecule has 0 spiro atoms. The quantitative estimate of drug-likeness (QED) is 0.736. The third-order valence-corrected chi connectivity index (χ3v) is 6.17. The molecule has 151 valence electrons. The van der Waals surface area contributed by atoms with Crippen LogP contribution >= 0.6 is 0 Å². The lowest BCUT2D eigenvalue weighted by Crippen LogP contribution is -2.46. The SMILES string of the molecule is [CH2]c1ccc(C(C)(C)C)c(CCC(N)N2CCC(Cc3ccccc3)CC2)c1. The van der Waals surface area contributed by atoms with E-state index in [0.29, 0.717) is 0 Å². The highest BCUT2D eigenvalue weighted by molar-refractivity contribution is 5.37. The molecule has 28 heavy (non-hydrogen) atoms. The minimum absolute atomic E-state index is 0.152. The van der Waals surface area contributed by atoms with Crippen LogP contribution < -0.4 is 5.73 Å². The van der Waals surface area contributed by atoms with Crippen molar-refractivity contribution in [1.29, 1.82) is 0 Å². The Morgan fingerprint density at radius 3 is 2.39 bits per heavy atom. The molecule has 0 bridgehead atoms. The monoisotopic (exact) mass is 377 g/mol. The molecule has 1 aliphatic heterocycles. The molecule has 0 aliphatic carbocycles. The van der Waals surface area contributed by atoms with E-state index in [1.807, 2.05) is 0 Å². The molecular weight excluding hydrogens is 340 g/mol. The Hall–Kier alpha value is -1.64. The van der Waals surface area contributed by atoms with E-state index in [-0.39, 0.29) is 11.6 Å². The van der Waals surface area contributed by atoms with Crippen LogP contribution in [-0.4, -0.2) is 24.2 Å². The van der Waals surface area contributed by atoms with E-state index in [0.717, 1.165) is 37.4 Å². The first-order valence-electron chi connectivity index (χ1n) is 10.8. The summed E-state index contributed by atoms with van der Waals surface area (Å²) in [6.07, 6.45) is 5.90. The highest BCUT2D eigenvalue weighted by Crippen LogP contribution is 2.28. The number of benzene rings is 2. The van der Waals surface area contributed by atoms with Gasteiger partial charge in [-0.05, 0) is 85.7 Å². The third-order valence-electron chi connectivity index (χ3n) is 6.17. The maximum Gasteiger partial charge on any atom is 0.0574 e. The number of piperidine rings is 1. The summed E-state index contributed by atoms with van der Waals surface area (Å²) in [6.45, 7) is 13.2. The lowest BCUT2D eigenvalue weighted by atomic mass is 9.82. The van der Waals surface area contributed by atoms with Crippen LogP contribution in [0.15, 0.2) is 48.5 Å². The van der Waals surface area contributed by atoms with Gasteiger partial charge in [0.2, 0.25) is 0 Å². The minimum Gasteiger partial charge on any atom is -0.316 e. The molecule has 0 aromatic heterocycles. The van der Waals surface area contributed by atoms with Crippen LogP contribution in [0.3, 0.4) is 0 Å². The number of hydrogen-bond donors (Lipinski definition) is 1. The predicted molar refractivity (Wildman–Crippen MR) is 120 cm³/mol. The summed E-state index contributed by atoms with van der Waals surface area (Å²) < 4.78 is 0. The number of nitrogens with zero attached hydrogens (tertiary/aromatic N) is 1. The zero-order valence-electron chi connectivity index (χ0n) is 18.0. The molecule has 1 heterocycles. The molecule has 0 amide bonds. The number of aryl methyl sites for hydroxylation is 1. The summed E-state index contributed by atoms with van der Waals surface area (Å²) in [5.74, 6) is 0.793. The Morgan fingerprint density at radius 2 is 1.75 bits per heavy atom. The number of hydrogen-bond acceptors (Lipinski definition) is 2. The van der Waals surface area contributed by atoms with Gasteiger partial charge in [0.25, 0.3) is 0 Å². The van der Waals surface area contributed by atoms with Gasteiger partial charge in [-0.2, -0.15) is 0 Å². The second-order valence-corrected chi connectivity index (χ2v) is 9.52. The molecule has 1 unspecified atom stereocenters. The van der Waals surface area contributed by atoms with Crippen molar-refractivity contribution in [1.82, 2.24) is 4.90 Å². The highest BCUT2D eigenvalue weighted by Gasteiger charge is 2.24. The summed E-state index contributed by atoms with van der Waals surface area (Å²) in [4.78, 5) is 2.49. The second kappa shape index (κ2) is 9.24. The standard InChI is InChI=1S/C26H37N2/c1-20-10-12-24(26(2,3)4)23(18-20)11-13-25(27)28-16-14-22(15-17-28)19-21-8-6-5-7-9-21/h5-10,12,18,22,25H,1,11,13-17,19,27H2,2-4H3. The van der Waals surface area contributed by atoms with Crippen LogP contribution in [0, 0.1) is 12.8 Å². The average Bonchev–Trinajstić information content (AvgIpc) is 2.66. The van der Waals surface area contributed by atoms with Gasteiger partial charge in [0, 0.05) is 0 Å². The maximum atomic E-state index is 6.60. The van der Waals surface area contributed by atoms with E-state index in [9.17, 15) is 0 Å². The highest BCUT2D eigenvalue weighted by atomic mass is 15.2. The molecule has 0 saturated carbocycles. The summed E-state index contributed by atoms with van der Waals surface area (Å²) >= 11 is 0. The van der Waals surface area contributed by atoms with Crippen molar-refractivity contribution < 1.29 is 0 Å². The van der Waals surface area contributed by atoms with E-state index in [1.54, 1.807) is 0 Å². The summed E-state index contributed by atoms with van der Waals surface area (Å²) in [6, 6.07) is 17.5. The van der Waals surface area contributed by atoms with Crippen molar-refractivity contribution >= 4 is 0 Å². The van der Waals surface area contributed by atoms with Gasteiger partial charge in [-0.1, -0.05) is 69.3 Å². The van der Waals surface area contributed by atoms with E-state index in [2.05, 4.69) is 81.1 Å². The second-order valence-electron chi connectivity index (χ2n) is 9.52. The first-order valence-corrected chi connectivity index (χ1v) is 10.8. The Balaban J connectivity index is 1.51. The largest absolute Gasteiger partial charge is 0.316 e. The van der Waals surface area contributed by atoms with Crippen molar-refractivity contribution in [2.45, 2.75) is 64.5 Å². The van der Waals surface area contributed by atoms with Crippen LogP contribution in [0.5, 0.6) is 0 Å². The fraction of sp³-hybridized carbons (Fsp3) is 0.500. The fourth-order valence-corrected chi connectivity index (χ4v) is 4.51. The van der Waals surface area contributed by atoms with Crippen LogP contribution in [0.4, 0.5) is 0 Å². The molecule has 1 atom stereocenters. The van der Waals surface area contributed by atoms with Crippen molar-refractivity contribution in [2.24, 2.45) is 11.7 Å². The molecule has 2 nitrogen and oxygen atoms in total. The fourth-order valence-electron chi connectivity index (χ4n) is 4.51. The lowest BCUT2D eigenvalue weighted by molar-refractivity contribution is 0.129. The molecule has 2 aromatic carbocycles. The van der Waals surface area contributed by atoms with Gasteiger partial charge >= 0.3 is 0 Å². The molecule has 1 fully saturated rings. The first kappa shape index (κ1) is 21.1. The van der Waals surface area contributed by atoms with Gasteiger partial charge in [-0.25, -0.2) is 0 Å². The summed E-state index contributed by atoms with van der Waals surface area (Å²) in [5.41, 5.74) is 12.2. The van der Waals surface area contributed by atoms with Crippen LogP contribution in [-0.2, 0) is 18.3 Å². The van der Waals surface area contributed by atoms with E-state index in [1.165, 1.54) is 36.0 Å². The molecule has 3 rings (SSSR count). The molecule has 1 aliphatic rings.